The van der Waals surface area contributed by atoms with Crippen molar-refractivity contribution in [1.29, 1.82) is 0 Å². The highest BCUT2D eigenvalue weighted by Crippen LogP contribution is 2.34. The molecule has 1 heterocycles. The van der Waals surface area contributed by atoms with Crippen LogP contribution in [0.15, 0.2) is 35.2 Å². The Balaban J connectivity index is 1.81. The van der Waals surface area contributed by atoms with Crippen LogP contribution in [-0.4, -0.2) is 67.3 Å². The Kier molecular flexibility index (Phi) is 9.23. The van der Waals surface area contributed by atoms with Crippen molar-refractivity contribution in [2.45, 2.75) is 43.5 Å². The van der Waals surface area contributed by atoms with E-state index in [1.807, 2.05) is 0 Å². The monoisotopic (exact) mass is 595 g/mol. The standard InChI is InChI=1S/C24H26Cl2F3N3O5S/c1-3-38(36,37)21-16(8-17(25)10-20(21)26)11-30-22(33)14-4-5-15(19(9-14)24(27,28)29)12-32-7-6-18(13-32)31(2)23(34)35/h4-5,8-10,18H,3,6-7,11-13H2,1-2H3,(H,30,33)(H,34,35)/t18-/m1/s1. The molecule has 38 heavy (non-hydrogen) atoms. The van der Waals surface area contributed by atoms with Gasteiger partial charge in [0, 0.05) is 49.9 Å². The van der Waals surface area contributed by atoms with Crippen LogP contribution in [0.2, 0.25) is 10.0 Å². The molecule has 1 fully saturated rings. The van der Waals surface area contributed by atoms with Crippen LogP contribution in [0.3, 0.4) is 0 Å². The maximum absolute atomic E-state index is 13.9. The third-order valence-electron chi connectivity index (χ3n) is 6.38. The number of carbonyl (C=O) groups excluding carboxylic acids is 1. The van der Waals surface area contributed by atoms with Crippen LogP contribution in [0, 0.1) is 0 Å². The Bertz CT molecular complexity index is 1340. The van der Waals surface area contributed by atoms with Gasteiger partial charge in [0.1, 0.15) is 0 Å². The van der Waals surface area contributed by atoms with E-state index in [-0.39, 0.29) is 63.1 Å². The van der Waals surface area contributed by atoms with Gasteiger partial charge in [0.25, 0.3) is 5.91 Å². The molecule has 14 heteroatoms. The van der Waals surface area contributed by atoms with E-state index in [1.54, 1.807) is 4.90 Å². The van der Waals surface area contributed by atoms with Gasteiger partial charge in [-0.3, -0.25) is 9.69 Å². The van der Waals surface area contributed by atoms with Gasteiger partial charge in [0.15, 0.2) is 9.84 Å². The summed E-state index contributed by atoms with van der Waals surface area (Å²) in [5.41, 5.74) is -1.19. The van der Waals surface area contributed by atoms with E-state index in [9.17, 15) is 31.2 Å². The van der Waals surface area contributed by atoms with E-state index in [4.69, 9.17) is 28.3 Å². The molecule has 208 valence electrons. The van der Waals surface area contributed by atoms with E-state index in [0.29, 0.717) is 13.0 Å². The zero-order valence-corrected chi connectivity index (χ0v) is 22.8. The van der Waals surface area contributed by atoms with Gasteiger partial charge in [0.05, 0.1) is 21.2 Å². The summed E-state index contributed by atoms with van der Waals surface area (Å²) < 4.78 is 66.7. The number of likely N-dealkylation sites (N-methyl/N-ethyl adjacent to an activating group) is 1. The van der Waals surface area contributed by atoms with Gasteiger partial charge in [-0.1, -0.05) is 36.2 Å². The van der Waals surface area contributed by atoms with Crippen molar-refractivity contribution >= 4 is 45.0 Å². The highest BCUT2D eigenvalue weighted by molar-refractivity contribution is 7.91. The molecular formula is C24H26Cl2F3N3O5S. The van der Waals surface area contributed by atoms with Crippen LogP contribution in [-0.2, 0) is 29.1 Å². The number of benzene rings is 2. The summed E-state index contributed by atoms with van der Waals surface area (Å²) >= 11 is 12.1. The Morgan fingerprint density at radius 1 is 1.18 bits per heavy atom. The molecule has 0 aliphatic carbocycles. The number of alkyl halides is 3. The molecule has 0 radical (unpaired) electrons. The fraction of sp³-hybridized carbons (Fsp3) is 0.417. The van der Waals surface area contributed by atoms with Crippen LogP contribution in [0.5, 0.6) is 0 Å². The number of rotatable bonds is 8. The van der Waals surface area contributed by atoms with Gasteiger partial charge >= 0.3 is 12.3 Å². The first-order valence-corrected chi connectivity index (χ1v) is 13.9. The number of halogens is 5. The van der Waals surface area contributed by atoms with Crippen LogP contribution in [0.25, 0.3) is 0 Å². The van der Waals surface area contributed by atoms with Crippen molar-refractivity contribution in [1.82, 2.24) is 15.1 Å². The van der Waals surface area contributed by atoms with Crippen molar-refractivity contribution in [2.24, 2.45) is 0 Å². The summed E-state index contributed by atoms with van der Waals surface area (Å²) in [6, 6.07) is 5.48. The van der Waals surface area contributed by atoms with Crippen LogP contribution >= 0.6 is 23.2 Å². The molecule has 1 atom stereocenters. The molecule has 0 unspecified atom stereocenters. The number of nitrogens with one attached hydrogen (secondary N) is 1. The van der Waals surface area contributed by atoms with E-state index in [0.717, 1.165) is 11.0 Å². The summed E-state index contributed by atoms with van der Waals surface area (Å²) in [6.07, 6.45) is -5.36. The normalized spacial score (nSPS) is 16.4. The lowest BCUT2D eigenvalue weighted by molar-refractivity contribution is -0.138. The zero-order valence-electron chi connectivity index (χ0n) is 20.5. The fourth-order valence-electron chi connectivity index (χ4n) is 4.30. The van der Waals surface area contributed by atoms with Crippen LogP contribution in [0.1, 0.15) is 40.4 Å². The van der Waals surface area contributed by atoms with Crippen LogP contribution in [0.4, 0.5) is 18.0 Å². The average Bonchev–Trinajstić information content (AvgIpc) is 3.29. The lowest BCUT2D eigenvalue weighted by Gasteiger charge is -2.23. The molecule has 1 aliphatic rings. The first kappa shape index (κ1) is 30.0. The Hall–Kier alpha value is -2.54. The number of hydrogen-bond acceptors (Lipinski definition) is 5. The maximum Gasteiger partial charge on any atom is 0.416 e. The van der Waals surface area contributed by atoms with E-state index in [2.05, 4.69) is 5.32 Å². The lowest BCUT2D eigenvalue weighted by Crippen LogP contribution is -2.38. The molecular weight excluding hydrogens is 570 g/mol. The van der Waals surface area contributed by atoms with Gasteiger partial charge in [0.2, 0.25) is 0 Å². The highest BCUT2D eigenvalue weighted by Gasteiger charge is 2.36. The smallest absolute Gasteiger partial charge is 0.416 e. The fourth-order valence-corrected chi connectivity index (χ4v) is 6.37. The number of carboxylic acid groups (broad SMARTS) is 1. The number of sulfone groups is 1. The maximum atomic E-state index is 13.9. The topological polar surface area (TPSA) is 107 Å². The average molecular weight is 596 g/mol. The van der Waals surface area contributed by atoms with Gasteiger partial charge in [-0.05, 0) is 41.8 Å². The van der Waals surface area contributed by atoms with Gasteiger partial charge in [-0.25, -0.2) is 13.2 Å². The minimum Gasteiger partial charge on any atom is -0.465 e. The Morgan fingerprint density at radius 3 is 2.47 bits per heavy atom. The molecule has 2 N–H and O–H groups in total. The number of nitrogens with zero attached hydrogens (tertiary/aromatic N) is 2. The molecule has 0 saturated carbocycles. The molecule has 8 nitrogen and oxygen atoms in total. The molecule has 0 spiro atoms. The Labute approximate surface area is 228 Å². The minimum atomic E-state index is -4.74. The third-order valence-corrected chi connectivity index (χ3v) is 8.88. The number of hydrogen-bond donors (Lipinski definition) is 2. The van der Waals surface area contributed by atoms with Crippen molar-refractivity contribution in [3.8, 4) is 0 Å². The van der Waals surface area contributed by atoms with Crippen molar-refractivity contribution in [3.05, 3.63) is 62.6 Å². The molecule has 1 saturated heterocycles. The summed E-state index contributed by atoms with van der Waals surface area (Å²) in [7, 11) is -2.36. The van der Waals surface area contributed by atoms with Crippen molar-refractivity contribution in [2.75, 3.05) is 25.9 Å². The predicted octanol–water partition coefficient (Wildman–Crippen LogP) is 4.92. The van der Waals surface area contributed by atoms with E-state index < -0.39 is 33.6 Å². The SMILES string of the molecule is CCS(=O)(=O)c1c(Cl)cc(Cl)cc1CNC(=O)c1ccc(CN2CC[C@@H](N(C)C(=O)O)C2)c(C(F)(F)F)c1. The number of likely N-dealkylation sites (tertiary alicyclic amines) is 1. The van der Waals surface area contributed by atoms with E-state index in [1.165, 1.54) is 38.2 Å². The van der Waals surface area contributed by atoms with Gasteiger partial charge < -0.3 is 15.3 Å². The van der Waals surface area contributed by atoms with Crippen molar-refractivity contribution < 1.29 is 36.3 Å². The predicted molar refractivity (Wildman–Crippen MR) is 136 cm³/mol. The van der Waals surface area contributed by atoms with Crippen LogP contribution < -0.4 is 5.32 Å². The van der Waals surface area contributed by atoms with Gasteiger partial charge in [-0.2, -0.15) is 13.2 Å². The quantitative estimate of drug-likeness (QED) is 0.448. The summed E-state index contributed by atoms with van der Waals surface area (Å²) in [6.45, 7) is 1.74. The molecule has 0 aromatic heterocycles. The Morgan fingerprint density at radius 2 is 1.87 bits per heavy atom. The summed E-state index contributed by atoms with van der Waals surface area (Å²) in [5, 5.41) is 11.6. The lowest BCUT2D eigenvalue weighted by atomic mass is 10.0. The first-order valence-electron chi connectivity index (χ1n) is 11.5. The summed E-state index contributed by atoms with van der Waals surface area (Å²) in [5.74, 6) is -1.10. The molecule has 2 aromatic carbocycles. The number of carbonyl (C=O) groups is 2. The molecule has 0 bridgehead atoms. The second-order valence-corrected chi connectivity index (χ2v) is 12.0. The first-order chi connectivity index (χ1) is 17.6. The minimum absolute atomic E-state index is 0.0503. The molecule has 1 aliphatic heterocycles. The second kappa shape index (κ2) is 11.7. The largest absolute Gasteiger partial charge is 0.465 e. The van der Waals surface area contributed by atoms with Crippen molar-refractivity contribution in [3.63, 3.8) is 0 Å². The molecule has 2 amide bonds. The van der Waals surface area contributed by atoms with E-state index >= 15 is 0 Å². The number of amides is 2. The molecule has 3 rings (SSSR count). The third kappa shape index (κ3) is 6.90. The second-order valence-electron chi connectivity index (χ2n) is 8.90. The highest BCUT2D eigenvalue weighted by atomic mass is 35.5. The summed E-state index contributed by atoms with van der Waals surface area (Å²) in [4.78, 5) is 26.6. The zero-order chi connectivity index (χ0) is 28.4. The molecule has 2 aromatic rings. The van der Waals surface area contributed by atoms with Gasteiger partial charge in [-0.15, -0.1) is 0 Å².